The van der Waals surface area contributed by atoms with E-state index in [0.717, 1.165) is 37.9 Å². The summed E-state index contributed by atoms with van der Waals surface area (Å²) in [6.45, 7) is 6.34. The summed E-state index contributed by atoms with van der Waals surface area (Å²) in [6.07, 6.45) is 5.28. The van der Waals surface area contributed by atoms with Crippen LogP contribution in [0, 0.1) is 0 Å². The van der Waals surface area contributed by atoms with Crippen molar-refractivity contribution in [2.75, 3.05) is 0 Å². The summed E-state index contributed by atoms with van der Waals surface area (Å²) in [7, 11) is 0. The standard InChI is InChI=1S/C15H25N3O3/c1-15(2,3)21-14(19)17-12-6-4-11(5-7-12)16-10-13-8-9-20-18-13/h8-9,11-12,16H,4-7,10H2,1-3H3,(H,17,19). The molecule has 0 unspecified atom stereocenters. The second kappa shape index (κ2) is 6.93. The molecule has 0 bridgehead atoms. The van der Waals surface area contributed by atoms with E-state index in [1.165, 1.54) is 0 Å². The minimum atomic E-state index is -0.444. The second-order valence-electron chi connectivity index (χ2n) is 6.57. The van der Waals surface area contributed by atoms with Gasteiger partial charge in [0.15, 0.2) is 0 Å². The molecular formula is C15H25N3O3. The molecule has 1 fully saturated rings. The highest BCUT2D eigenvalue weighted by atomic mass is 16.6. The molecule has 21 heavy (non-hydrogen) atoms. The smallest absolute Gasteiger partial charge is 0.407 e. The topological polar surface area (TPSA) is 76.4 Å². The van der Waals surface area contributed by atoms with Gasteiger partial charge in [-0.15, -0.1) is 0 Å². The zero-order valence-corrected chi connectivity index (χ0v) is 13.0. The Morgan fingerprint density at radius 3 is 2.57 bits per heavy atom. The molecule has 0 aromatic carbocycles. The van der Waals surface area contributed by atoms with Crippen molar-refractivity contribution >= 4 is 6.09 Å². The fourth-order valence-electron chi connectivity index (χ4n) is 2.49. The molecular weight excluding hydrogens is 270 g/mol. The maximum Gasteiger partial charge on any atom is 0.407 e. The quantitative estimate of drug-likeness (QED) is 0.893. The van der Waals surface area contributed by atoms with Gasteiger partial charge in [-0.05, 0) is 46.5 Å². The minimum absolute atomic E-state index is 0.213. The van der Waals surface area contributed by atoms with Crippen molar-refractivity contribution in [2.45, 2.75) is 70.7 Å². The first-order chi connectivity index (χ1) is 9.92. The number of alkyl carbamates (subject to hydrolysis) is 1. The van der Waals surface area contributed by atoms with Crippen molar-refractivity contribution in [1.82, 2.24) is 15.8 Å². The number of nitrogens with zero attached hydrogens (tertiary/aromatic N) is 1. The third kappa shape index (κ3) is 5.75. The van der Waals surface area contributed by atoms with Crippen LogP contribution >= 0.6 is 0 Å². The van der Waals surface area contributed by atoms with Crippen molar-refractivity contribution < 1.29 is 14.1 Å². The zero-order valence-electron chi connectivity index (χ0n) is 13.0. The lowest BCUT2D eigenvalue weighted by atomic mass is 9.91. The van der Waals surface area contributed by atoms with Crippen LogP contribution in [-0.4, -0.2) is 28.9 Å². The molecule has 0 saturated heterocycles. The maximum absolute atomic E-state index is 11.7. The van der Waals surface area contributed by atoms with Crippen LogP contribution in [-0.2, 0) is 11.3 Å². The lowest BCUT2D eigenvalue weighted by Gasteiger charge is -2.30. The Balaban J connectivity index is 1.65. The summed E-state index contributed by atoms with van der Waals surface area (Å²) < 4.78 is 10.1. The largest absolute Gasteiger partial charge is 0.444 e. The van der Waals surface area contributed by atoms with Gasteiger partial charge in [-0.3, -0.25) is 0 Å². The monoisotopic (exact) mass is 295 g/mol. The lowest BCUT2D eigenvalue weighted by molar-refractivity contribution is 0.0489. The maximum atomic E-state index is 11.7. The van der Waals surface area contributed by atoms with E-state index in [0.29, 0.717) is 6.04 Å². The van der Waals surface area contributed by atoms with Gasteiger partial charge >= 0.3 is 6.09 Å². The van der Waals surface area contributed by atoms with Gasteiger partial charge < -0.3 is 19.9 Å². The van der Waals surface area contributed by atoms with Crippen LogP contribution in [0.15, 0.2) is 16.9 Å². The molecule has 1 aliphatic carbocycles. The molecule has 1 aromatic rings. The van der Waals surface area contributed by atoms with Crippen LogP contribution in [0.5, 0.6) is 0 Å². The van der Waals surface area contributed by atoms with E-state index in [-0.39, 0.29) is 12.1 Å². The second-order valence-corrected chi connectivity index (χ2v) is 6.57. The van der Waals surface area contributed by atoms with E-state index in [1.807, 2.05) is 26.8 Å². The molecule has 0 aliphatic heterocycles. The van der Waals surface area contributed by atoms with Crippen molar-refractivity contribution in [3.8, 4) is 0 Å². The van der Waals surface area contributed by atoms with Crippen molar-refractivity contribution in [3.05, 3.63) is 18.0 Å². The van der Waals surface area contributed by atoms with Gasteiger partial charge in [0.1, 0.15) is 11.9 Å². The predicted octanol–water partition coefficient (Wildman–Crippen LogP) is 2.60. The SMILES string of the molecule is CC(C)(C)OC(=O)NC1CCC(NCc2ccon2)CC1. The summed E-state index contributed by atoms with van der Waals surface area (Å²) in [5, 5.41) is 10.3. The van der Waals surface area contributed by atoms with Crippen LogP contribution in [0.4, 0.5) is 4.79 Å². The first-order valence-corrected chi connectivity index (χ1v) is 7.54. The molecule has 6 heteroatoms. The van der Waals surface area contributed by atoms with Gasteiger partial charge in [-0.1, -0.05) is 5.16 Å². The molecule has 0 atom stereocenters. The predicted molar refractivity (Wildman–Crippen MR) is 78.8 cm³/mol. The van der Waals surface area contributed by atoms with Crippen LogP contribution in [0.2, 0.25) is 0 Å². The molecule has 0 radical (unpaired) electrons. The Labute approximate surface area is 125 Å². The average molecular weight is 295 g/mol. The van der Waals surface area contributed by atoms with Crippen LogP contribution in [0.25, 0.3) is 0 Å². The Morgan fingerprint density at radius 2 is 2.00 bits per heavy atom. The highest BCUT2D eigenvalue weighted by molar-refractivity contribution is 5.68. The summed E-state index contributed by atoms with van der Waals surface area (Å²) in [5.41, 5.74) is 0.476. The first-order valence-electron chi connectivity index (χ1n) is 7.54. The van der Waals surface area contributed by atoms with E-state index in [2.05, 4.69) is 15.8 Å². The third-order valence-corrected chi connectivity index (χ3v) is 3.51. The molecule has 1 saturated carbocycles. The van der Waals surface area contributed by atoms with Gasteiger partial charge in [0.25, 0.3) is 0 Å². The molecule has 2 rings (SSSR count). The first kappa shape index (κ1) is 15.8. The van der Waals surface area contributed by atoms with Crippen molar-refractivity contribution in [3.63, 3.8) is 0 Å². The van der Waals surface area contributed by atoms with Gasteiger partial charge in [0.2, 0.25) is 0 Å². The number of hydrogen-bond donors (Lipinski definition) is 2. The number of rotatable bonds is 4. The van der Waals surface area contributed by atoms with Gasteiger partial charge in [0, 0.05) is 24.7 Å². The van der Waals surface area contributed by atoms with E-state index >= 15 is 0 Å². The summed E-state index contributed by atoms with van der Waals surface area (Å²) >= 11 is 0. The Kier molecular flexibility index (Phi) is 5.22. The number of carbonyl (C=O) groups is 1. The Morgan fingerprint density at radius 1 is 1.33 bits per heavy atom. The number of ether oxygens (including phenoxy) is 1. The van der Waals surface area contributed by atoms with Crippen molar-refractivity contribution in [1.29, 1.82) is 0 Å². The fraction of sp³-hybridized carbons (Fsp3) is 0.733. The molecule has 0 spiro atoms. The van der Waals surface area contributed by atoms with E-state index in [4.69, 9.17) is 9.26 Å². The molecule has 1 aromatic heterocycles. The normalized spacial score (nSPS) is 22.8. The Hall–Kier alpha value is -1.56. The number of aromatic nitrogens is 1. The molecule has 1 aliphatic rings. The summed E-state index contributed by atoms with van der Waals surface area (Å²) in [6, 6.07) is 2.55. The molecule has 1 amide bonds. The number of nitrogens with one attached hydrogen (secondary N) is 2. The average Bonchev–Trinajstić information content (AvgIpc) is 2.89. The number of hydrogen-bond acceptors (Lipinski definition) is 5. The number of carbonyl (C=O) groups excluding carboxylic acids is 1. The van der Waals surface area contributed by atoms with Gasteiger partial charge in [0.05, 0.1) is 5.69 Å². The van der Waals surface area contributed by atoms with Crippen LogP contribution < -0.4 is 10.6 Å². The van der Waals surface area contributed by atoms with E-state index in [9.17, 15) is 4.79 Å². The van der Waals surface area contributed by atoms with Crippen LogP contribution in [0.1, 0.15) is 52.1 Å². The third-order valence-electron chi connectivity index (χ3n) is 3.51. The lowest BCUT2D eigenvalue weighted by Crippen LogP contribution is -2.43. The molecule has 118 valence electrons. The molecule has 6 nitrogen and oxygen atoms in total. The van der Waals surface area contributed by atoms with Crippen LogP contribution in [0.3, 0.4) is 0 Å². The molecule has 2 N–H and O–H groups in total. The zero-order chi connectivity index (χ0) is 15.3. The molecule has 1 heterocycles. The van der Waals surface area contributed by atoms with E-state index in [1.54, 1.807) is 6.26 Å². The summed E-state index contributed by atoms with van der Waals surface area (Å²) in [5.74, 6) is 0. The highest BCUT2D eigenvalue weighted by Gasteiger charge is 2.24. The summed E-state index contributed by atoms with van der Waals surface area (Å²) in [4.78, 5) is 11.7. The van der Waals surface area contributed by atoms with Gasteiger partial charge in [-0.2, -0.15) is 0 Å². The Bertz CT molecular complexity index is 432. The van der Waals surface area contributed by atoms with E-state index < -0.39 is 5.60 Å². The van der Waals surface area contributed by atoms with Crippen molar-refractivity contribution in [2.24, 2.45) is 0 Å². The fourth-order valence-corrected chi connectivity index (χ4v) is 2.49. The van der Waals surface area contributed by atoms with Gasteiger partial charge in [-0.25, -0.2) is 4.79 Å². The minimum Gasteiger partial charge on any atom is -0.444 e. The highest BCUT2D eigenvalue weighted by Crippen LogP contribution is 2.19. The number of amides is 1.